The van der Waals surface area contributed by atoms with Crippen molar-refractivity contribution in [1.29, 1.82) is 0 Å². The zero-order chi connectivity index (χ0) is 22.2. The van der Waals surface area contributed by atoms with Gasteiger partial charge in [0.2, 0.25) is 0 Å². The molecule has 162 valence electrons. The van der Waals surface area contributed by atoms with Gasteiger partial charge < -0.3 is 19.8 Å². The van der Waals surface area contributed by atoms with Crippen LogP contribution in [-0.2, 0) is 16.2 Å². The maximum absolute atomic E-state index is 12.1. The molecule has 31 heavy (non-hydrogen) atoms. The van der Waals surface area contributed by atoms with Crippen LogP contribution in [0.25, 0.3) is 33.3 Å². The summed E-state index contributed by atoms with van der Waals surface area (Å²) in [5.74, 6) is -0.0408. The predicted octanol–water partition coefficient (Wildman–Crippen LogP) is 3.66. The van der Waals surface area contributed by atoms with Gasteiger partial charge in [-0.25, -0.2) is 14.8 Å². The number of hydrogen-bond donors (Lipinski definition) is 2. The van der Waals surface area contributed by atoms with Crippen molar-refractivity contribution in [2.45, 2.75) is 32.4 Å². The highest BCUT2D eigenvalue weighted by atomic mass is 28.3. The van der Waals surface area contributed by atoms with E-state index in [1.807, 2.05) is 22.8 Å². The first-order chi connectivity index (χ1) is 14.8. The van der Waals surface area contributed by atoms with Crippen LogP contribution in [0, 0.1) is 0 Å². The molecule has 0 spiro atoms. The minimum atomic E-state index is -1.22. The van der Waals surface area contributed by atoms with E-state index in [4.69, 9.17) is 15.2 Å². The van der Waals surface area contributed by atoms with Gasteiger partial charge in [-0.15, -0.1) is 0 Å². The van der Waals surface area contributed by atoms with E-state index in [-0.39, 0.29) is 5.97 Å². The smallest absolute Gasteiger partial charge is 0.337 e. The third kappa shape index (κ3) is 4.16. The number of methoxy groups -OCH3 is 1. The zero-order valence-corrected chi connectivity index (χ0v) is 19.1. The Morgan fingerprint density at radius 2 is 2.03 bits per heavy atom. The summed E-state index contributed by atoms with van der Waals surface area (Å²) in [6.45, 7) is 7.93. The molecule has 4 aromatic rings. The number of carbonyl (C=O) groups excluding carboxylic acids is 1. The molecule has 0 unspecified atom stereocenters. The SMILES string of the molecule is COC(=O)c1ccc2cc(-c3[nH]nc4ncnc(N)c34)n(COCC[Si](C)(C)C)c2c1. The predicted molar refractivity (Wildman–Crippen MR) is 122 cm³/mol. The number of hydrogen-bond acceptors (Lipinski definition) is 7. The molecule has 0 bridgehead atoms. The molecule has 0 saturated heterocycles. The number of aromatic amines is 1. The molecule has 0 aliphatic carbocycles. The fraction of sp³-hybridized carbons (Fsp3) is 0.333. The van der Waals surface area contributed by atoms with E-state index >= 15 is 0 Å². The van der Waals surface area contributed by atoms with Crippen molar-refractivity contribution < 1.29 is 14.3 Å². The van der Waals surface area contributed by atoms with Crippen LogP contribution in [0.2, 0.25) is 25.7 Å². The van der Waals surface area contributed by atoms with Crippen molar-refractivity contribution in [3.63, 3.8) is 0 Å². The Kier molecular flexibility index (Phi) is 5.50. The lowest BCUT2D eigenvalue weighted by Crippen LogP contribution is -2.22. The third-order valence-electron chi connectivity index (χ3n) is 5.18. The maximum atomic E-state index is 12.1. The standard InChI is InChI=1S/C21H26N6O3Si/c1-29-21(28)14-6-5-13-9-16(18-17-19(22)23-11-24-20(17)26-25-18)27(15(13)10-14)12-30-7-8-31(2,3)4/h5-6,9-11H,7-8,12H2,1-4H3,(H3,22,23,24,25,26). The van der Waals surface area contributed by atoms with Crippen LogP contribution in [0.1, 0.15) is 10.4 Å². The molecule has 0 atom stereocenters. The first kappa shape index (κ1) is 21.0. The number of rotatable bonds is 7. The van der Waals surface area contributed by atoms with Crippen LogP contribution in [0.5, 0.6) is 0 Å². The number of nitrogens with one attached hydrogen (secondary N) is 1. The summed E-state index contributed by atoms with van der Waals surface area (Å²) in [5, 5.41) is 8.93. The summed E-state index contributed by atoms with van der Waals surface area (Å²) in [4.78, 5) is 20.4. The summed E-state index contributed by atoms with van der Waals surface area (Å²) < 4.78 is 12.9. The minimum Gasteiger partial charge on any atom is -0.465 e. The molecule has 0 amide bonds. The lowest BCUT2D eigenvalue weighted by Gasteiger charge is -2.17. The molecule has 0 aliphatic rings. The summed E-state index contributed by atoms with van der Waals surface area (Å²) in [5.41, 5.74) is 9.48. The highest BCUT2D eigenvalue weighted by Gasteiger charge is 2.20. The van der Waals surface area contributed by atoms with Gasteiger partial charge in [-0.3, -0.25) is 5.10 Å². The average Bonchev–Trinajstić information content (AvgIpc) is 3.31. The van der Waals surface area contributed by atoms with Crippen molar-refractivity contribution in [3.05, 3.63) is 36.2 Å². The normalized spacial score (nSPS) is 12.0. The first-order valence-corrected chi connectivity index (χ1v) is 13.7. The Morgan fingerprint density at radius 3 is 2.77 bits per heavy atom. The van der Waals surface area contributed by atoms with Crippen LogP contribution in [0.3, 0.4) is 0 Å². The maximum Gasteiger partial charge on any atom is 0.337 e. The van der Waals surface area contributed by atoms with E-state index in [1.165, 1.54) is 13.4 Å². The van der Waals surface area contributed by atoms with E-state index in [9.17, 15) is 4.79 Å². The molecule has 1 aromatic carbocycles. The topological polar surface area (TPSA) is 121 Å². The van der Waals surface area contributed by atoms with Crippen LogP contribution in [-0.4, -0.2) is 52.5 Å². The van der Waals surface area contributed by atoms with Crippen LogP contribution >= 0.6 is 0 Å². The van der Waals surface area contributed by atoms with Gasteiger partial charge in [-0.1, -0.05) is 25.7 Å². The summed E-state index contributed by atoms with van der Waals surface area (Å²) in [6, 6.07) is 8.52. The Labute approximate surface area is 180 Å². The Bertz CT molecular complexity index is 1260. The van der Waals surface area contributed by atoms with E-state index in [0.717, 1.165) is 22.6 Å². The number of benzene rings is 1. The highest BCUT2D eigenvalue weighted by molar-refractivity contribution is 6.76. The number of aromatic nitrogens is 5. The van der Waals surface area contributed by atoms with Crippen molar-refractivity contribution >= 4 is 41.8 Å². The van der Waals surface area contributed by atoms with Gasteiger partial charge in [0.1, 0.15) is 18.9 Å². The summed E-state index contributed by atoms with van der Waals surface area (Å²) in [6.07, 6.45) is 1.39. The fourth-order valence-electron chi connectivity index (χ4n) is 3.44. The van der Waals surface area contributed by atoms with Gasteiger partial charge in [0.25, 0.3) is 0 Å². The van der Waals surface area contributed by atoms with Crippen LogP contribution < -0.4 is 5.73 Å². The molecule has 0 saturated carbocycles. The van der Waals surface area contributed by atoms with Crippen molar-refractivity contribution in [1.82, 2.24) is 24.7 Å². The number of nitrogen functional groups attached to an aromatic ring is 1. The van der Waals surface area contributed by atoms with Crippen molar-refractivity contribution in [2.24, 2.45) is 0 Å². The van der Waals surface area contributed by atoms with Gasteiger partial charge in [-0.2, -0.15) is 5.10 Å². The monoisotopic (exact) mass is 438 g/mol. The van der Waals surface area contributed by atoms with E-state index in [2.05, 4.69) is 39.8 Å². The van der Waals surface area contributed by atoms with E-state index in [0.29, 0.717) is 41.4 Å². The number of anilines is 1. The van der Waals surface area contributed by atoms with Gasteiger partial charge in [-0.05, 0) is 24.2 Å². The molecule has 3 aromatic heterocycles. The Hall–Kier alpha value is -3.24. The van der Waals surface area contributed by atoms with Gasteiger partial charge >= 0.3 is 5.97 Å². The number of carbonyl (C=O) groups is 1. The molecule has 0 aliphatic heterocycles. The quantitative estimate of drug-likeness (QED) is 0.257. The van der Waals surface area contributed by atoms with Crippen molar-refractivity contribution in [2.75, 3.05) is 19.5 Å². The number of fused-ring (bicyclic) bond motifs is 2. The molecule has 4 rings (SSSR count). The average molecular weight is 439 g/mol. The molecular weight excluding hydrogens is 412 g/mol. The van der Waals surface area contributed by atoms with Gasteiger partial charge in [0, 0.05) is 20.1 Å². The minimum absolute atomic E-state index is 0.321. The lowest BCUT2D eigenvalue weighted by molar-refractivity contribution is 0.0600. The molecule has 10 heteroatoms. The molecule has 3 heterocycles. The van der Waals surface area contributed by atoms with Gasteiger partial charge in [0.05, 0.1) is 35.0 Å². The number of ether oxygens (including phenoxy) is 2. The highest BCUT2D eigenvalue weighted by Crippen LogP contribution is 2.33. The van der Waals surface area contributed by atoms with Crippen molar-refractivity contribution in [3.8, 4) is 11.4 Å². The molecular formula is C21H26N6O3Si. The lowest BCUT2D eigenvalue weighted by atomic mass is 10.1. The van der Waals surface area contributed by atoms with Crippen LogP contribution in [0.15, 0.2) is 30.6 Å². The second kappa shape index (κ2) is 8.12. The second-order valence-electron chi connectivity index (χ2n) is 8.63. The number of nitrogens with two attached hydrogens (primary N) is 1. The van der Waals surface area contributed by atoms with E-state index in [1.54, 1.807) is 6.07 Å². The third-order valence-corrected chi connectivity index (χ3v) is 6.88. The fourth-order valence-corrected chi connectivity index (χ4v) is 4.20. The number of nitrogens with zero attached hydrogens (tertiary/aromatic N) is 4. The number of H-pyrrole nitrogens is 1. The first-order valence-electron chi connectivity index (χ1n) is 10.0. The largest absolute Gasteiger partial charge is 0.465 e. The van der Waals surface area contributed by atoms with E-state index < -0.39 is 8.07 Å². The summed E-state index contributed by atoms with van der Waals surface area (Å²) >= 11 is 0. The van der Waals surface area contributed by atoms with Gasteiger partial charge in [0.15, 0.2) is 5.65 Å². The second-order valence-corrected chi connectivity index (χ2v) is 14.2. The number of esters is 1. The Morgan fingerprint density at radius 1 is 1.23 bits per heavy atom. The molecule has 0 fully saturated rings. The zero-order valence-electron chi connectivity index (χ0n) is 18.1. The molecule has 3 N–H and O–H groups in total. The summed E-state index contributed by atoms with van der Waals surface area (Å²) in [7, 11) is 0.154. The molecule has 0 radical (unpaired) electrons. The Balaban J connectivity index is 1.82. The molecule has 9 nitrogen and oxygen atoms in total. The van der Waals surface area contributed by atoms with Crippen LogP contribution in [0.4, 0.5) is 5.82 Å².